The topological polar surface area (TPSA) is 73.2 Å². The lowest BCUT2D eigenvalue weighted by Gasteiger charge is -2.25. The minimum Gasteiger partial charge on any atom is -0.497 e. The molecule has 0 fully saturated rings. The highest BCUT2D eigenvalue weighted by Gasteiger charge is 2.16. The van der Waals surface area contributed by atoms with Crippen molar-refractivity contribution in [2.45, 2.75) is 19.9 Å². The van der Waals surface area contributed by atoms with E-state index in [2.05, 4.69) is 5.32 Å². The maximum absolute atomic E-state index is 11.7. The second kappa shape index (κ2) is 10.4. The van der Waals surface area contributed by atoms with Crippen LogP contribution in [0.5, 0.6) is 11.5 Å². The van der Waals surface area contributed by atoms with E-state index in [1.807, 2.05) is 29.2 Å². The number of furan rings is 1. The normalized spacial score (nSPS) is 10.2. The fourth-order valence-electron chi connectivity index (χ4n) is 2.40. The lowest BCUT2D eigenvalue weighted by atomic mass is 10.2. The number of nitrogens with zero attached hydrogens (tertiary/aromatic N) is 1. The second-order valence-corrected chi connectivity index (χ2v) is 5.94. The van der Waals surface area contributed by atoms with Crippen LogP contribution in [0.2, 0.25) is 0 Å². The maximum Gasteiger partial charge on any atom is 0.307 e. The summed E-state index contributed by atoms with van der Waals surface area (Å²) in [5, 5.41) is 3.61. The third-order valence-corrected chi connectivity index (χ3v) is 4.12. The molecule has 1 heterocycles. The first-order valence-corrected chi connectivity index (χ1v) is 8.94. The minimum atomic E-state index is -0.272. The number of carbonyl (C=O) groups excluding carboxylic acids is 1. The molecular formula is C19H24N2O5S. The fourth-order valence-corrected chi connectivity index (χ4v) is 2.66. The van der Waals surface area contributed by atoms with Gasteiger partial charge < -0.3 is 28.8 Å². The van der Waals surface area contributed by atoms with Crippen molar-refractivity contribution in [1.29, 1.82) is 0 Å². The Hall–Kier alpha value is -2.74. The highest BCUT2D eigenvalue weighted by molar-refractivity contribution is 7.80. The quantitative estimate of drug-likeness (QED) is 0.514. The predicted molar refractivity (Wildman–Crippen MR) is 106 cm³/mol. The van der Waals surface area contributed by atoms with Crippen molar-refractivity contribution in [3.05, 3.63) is 42.4 Å². The van der Waals surface area contributed by atoms with E-state index in [9.17, 15) is 4.79 Å². The molecule has 0 aliphatic carbocycles. The summed E-state index contributed by atoms with van der Waals surface area (Å²) in [7, 11) is 3.16. The number of benzene rings is 1. The zero-order valence-electron chi connectivity index (χ0n) is 15.7. The smallest absolute Gasteiger partial charge is 0.307 e. The largest absolute Gasteiger partial charge is 0.497 e. The zero-order chi connectivity index (χ0) is 19.6. The van der Waals surface area contributed by atoms with Crippen LogP contribution >= 0.6 is 12.2 Å². The van der Waals surface area contributed by atoms with Crippen LogP contribution in [-0.2, 0) is 16.1 Å². The molecule has 0 atom stereocenters. The van der Waals surface area contributed by atoms with Crippen LogP contribution in [0.25, 0.3) is 0 Å². The average molecular weight is 392 g/mol. The number of methoxy groups -OCH3 is 2. The van der Waals surface area contributed by atoms with Crippen molar-refractivity contribution >= 4 is 29.0 Å². The number of rotatable bonds is 9. The first-order valence-electron chi connectivity index (χ1n) is 8.53. The summed E-state index contributed by atoms with van der Waals surface area (Å²) in [5.74, 6) is 1.74. The van der Waals surface area contributed by atoms with Gasteiger partial charge in [0.1, 0.15) is 17.3 Å². The van der Waals surface area contributed by atoms with Crippen molar-refractivity contribution in [3.63, 3.8) is 0 Å². The molecule has 146 valence electrons. The first kappa shape index (κ1) is 20.6. The molecule has 0 unspecified atom stereocenters. The van der Waals surface area contributed by atoms with Crippen LogP contribution in [0.1, 0.15) is 19.1 Å². The van der Waals surface area contributed by atoms with Crippen LogP contribution in [0.15, 0.2) is 41.0 Å². The Morgan fingerprint density at radius 3 is 2.70 bits per heavy atom. The Morgan fingerprint density at radius 1 is 1.26 bits per heavy atom. The zero-order valence-corrected chi connectivity index (χ0v) is 16.5. The average Bonchev–Trinajstić information content (AvgIpc) is 3.18. The number of anilines is 1. The molecule has 0 saturated carbocycles. The summed E-state index contributed by atoms with van der Waals surface area (Å²) in [4.78, 5) is 13.6. The Kier molecular flexibility index (Phi) is 7.94. The van der Waals surface area contributed by atoms with Gasteiger partial charge in [-0.05, 0) is 43.4 Å². The van der Waals surface area contributed by atoms with Gasteiger partial charge in [-0.3, -0.25) is 4.79 Å². The molecule has 2 rings (SSSR count). The summed E-state index contributed by atoms with van der Waals surface area (Å²) < 4.78 is 21.0. The van der Waals surface area contributed by atoms with Gasteiger partial charge in [-0.2, -0.15) is 0 Å². The lowest BCUT2D eigenvalue weighted by molar-refractivity contribution is -0.143. The molecule has 0 amide bonds. The second-order valence-electron chi connectivity index (χ2n) is 5.55. The number of esters is 1. The third kappa shape index (κ3) is 6.18. The van der Waals surface area contributed by atoms with Crippen LogP contribution in [-0.4, -0.2) is 43.4 Å². The molecule has 0 aliphatic rings. The van der Waals surface area contributed by atoms with Crippen molar-refractivity contribution in [1.82, 2.24) is 4.90 Å². The van der Waals surface area contributed by atoms with E-state index in [1.165, 1.54) is 0 Å². The molecule has 1 N–H and O–H groups in total. The number of thiocarbonyl (C=S) groups is 1. The van der Waals surface area contributed by atoms with Crippen LogP contribution in [0.3, 0.4) is 0 Å². The lowest BCUT2D eigenvalue weighted by Crippen LogP contribution is -2.36. The van der Waals surface area contributed by atoms with E-state index >= 15 is 0 Å². The van der Waals surface area contributed by atoms with Gasteiger partial charge >= 0.3 is 5.97 Å². The molecule has 0 saturated heterocycles. The van der Waals surface area contributed by atoms with Gasteiger partial charge in [0.2, 0.25) is 0 Å². The molecule has 1 aromatic heterocycles. The number of hydrogen-bond acceptors (Lipinski definition) is 6. The highest BCUT2D eigenvalue weighted by Crippen LogP contribution is 2.29. The van der Waals surface area contributed by atoms with Crippen molar-refractivity contribution in [2.75, 3.05) is 32.7 Å². The predicted octanol–water partition coefficient (Wildman–Crippen LogP) is 3.45. The summed E-state index contributed by atoms with van der Waals surface area (Å²) in [6.07, 6.45) is 1.82. The highest BCUT2D eigenvalue weighted by atomic mass is 32.1. The third-order valence-electron chi connectivity index (χ3n) is 3.76. The number of nitrogens with one attached hydrogen (secondary N) is 1. The molecule has 1 aromatic carbocycles. The molecular weight excluding hydrogens is 368 g/mol. The monoisotopic (exact) mass is 392 g/mol. The van der Waals surface area contributed by atoms with E-state index in [0.29, 0.717) is 42.0 Å². The van der Waals surface area contributed by atoms with E-state index in [-0.39, 0.29) is 12.4 Å². The molecule has 0 bridgehead atoms. The van der Waals surface area contributed by atoms with Gasteiger partial charge in [0.15, 0.2) is 5.11 Å². The molecule has 0 spiro atoms. The Balaban J connectivity index is 2.11. The van der Waals surface area contributed by atoms with Crippen molar-refractivity contribution in [3.8, 4) is 11.5 Å². The Bertz CT molecular complexity index is 749. The molecule has 7 nitrogen and oxygen atoms in total. The van der Waals surface area contributed by atoms with Crippen LogP contribution < -0.4 is 14.8 Å². The molecule has 0 aliphatic heterocycles. The van der Waals surface area contributed by atoms with Gasteiger partial charge in [0.05, 0.1) is 45.7 Å². The number of hydrogen-bond donors (Lipinski definition) is 1. The van der Waals surface area contributed by atoms with Crippen molar-refractivity contribution in [2.24, 2.45) is 0 Å². The van der Waals surface area contributed by atoms with Gasteiger partial charge in [0.25, 0.3) is 0 Å². The van der Waals surface area contributed by atoms with Crippen molar-refractivity contribution < 1.29 is 23.4 Å². The van der Waals surface area contributed by atoms with E-state index < -0.39 is 0 Å². The van der Waals surface area contributed by atoms with Crippen LogP contribution in [0, 0.1) is 0 Å². The van der Waals surface area contributed by atoms with Crippen LogP contribution in [0.4, 0.5) is 5.69 Å². The van der Waals surface area contributed by atoms with E-state index in [0.717, 1.165) is 5.76 Å². The van der Waals surface area contributed by atoms with E-state index in [4.69, 9.17) is 30.8 Å². The number of carbonyl (C=O) groups is 1. The number of ether oxygens (including phenoxy) is 3. The van der Waals surface area contributed by atoms with E-state index in [1.54, 1.807) is 33.5 Å². The minimum absolute atomic E-state index is 0.218. The Morgan fingerprint density at radius 2 is 2.07 bits per heavy atom. The molecule has 27 heavy (non-hydrogen) atoms. The van der Waals surface area contributed by atoms with Gasteiger partial charge in [-0.25, -0.2) is 0 Å². The van der Waals surface area contributed by atoms with Gasteiger partial charge in [-0.1, -0.05) is 0 Å². The Labute approximate surface area is 164 Å². The summed E-state index contributed by atoms with van der Waals surface area (Å²) in [5.41, 5.74) is 0.698. The summed E-state index contributed by atoms with van der Waals surface area (Å²) in [6.45, 7) is 2.95. The molecule has 0 radical (unpaired) electrons. The van der Waals surface area contributed by atoms with Gasteiger partial charge in [0, 0.05) is 12.6 Å². The molecule has 8 heteroatoms. The fraction of sp³-hybridized carbons (Fsp3) is 0.368. The summed E-state index contributed by atoms with van der Waals surface area (Å²) >= 11 is 5.55. The SMILES string of the molecule is CCOC(=O)CCN(Cc1ccco1)C(=S)Nc1ccc(OC)cc1OC. The summed E-state index contributed by atoms with van der Waals surface area (Å²) in [6, 6.07) is 9.06. The standard InChI is InChI=1S/C19H24N2O5S/c1-4-25-18(22)9-10-21(13-15-6-5-11-26-15)19(27)20-16-8-7-14(23-2)12-17(16)24-3/h5-8,11-12H,4,9-10,13H2,1-3H3,(H,20,27). The molecule has 2 aromatic rings. The van der Waals surface area contributed by atoms with Gasteiger partial charge in [-0.15, -0.1) is 0 Å². The maximum atomic E-state index is 11.7. The first-order chi connectivity index (χ1) is 13.1.